The average molecular weight is 276 g/mol. The number of rotatable bonds is 13. The third-order valence-electron chi connectivity index (χ3n) is 3.66. The summed E-state index contributed by atoms with van der Waals surface area (Å²) in [5.74, 6) is 0. The van der Waals surface area contributed by atoms with Gasteiger partial charge in [-0.05, 0) is 50.8 Å². The van der Waals surface area contributed by atoms with Gasteiger partial charge >= 0.3 is 0 Å². The molecule has 0 bridgehead atoms. The zero-order chi connectivity index (χ0) is 14.3. The smallest absolute Gasteiger partial charge is 0.0822 e. The second-order valence-corrected chi connectivity index (χ2v) is 5.52. The summed E-state index contributed by atoms with van der Waals surface area (Å²) in [6, 6.07) is 10.8. The molecule has 1 radical (unpaired) electrons. The molecule has 0 spiro atoms. The molecule has 0 unspecified atom stereocenters. The van der Waals surface area contributed by atoms with Crippen molar-refractivity contribution in [2.45, 2.75) is 57.8 Å². The zero-order valence-corrected chi connectivity index (χ0v) is 12.8. The summed E-state index contributed by atoms with van der Waals surface area (Å²) < 4.78 is 0. The third kappa shape index (κ3) is 9.99. The van der Waals surface area contributed by atoms with Crippen LogP contribution in [0.2, 0.25) is 0 Å². The lowest BCUT2D eigenvalue weighted by atomic mass is 10.1. The highest BCUT2D eigenvalue weighted by molar-refractivity contribution is 5.14. The van der Waals surface area contributed by atoms with Gasteiger partial charge in [0.1, 0.15) is 0 Å². The summed E-state index contributed by atoms with van der Waals surface area (Å²) in [5, 5.41) is 13.8. The first-order chi connectivity index (χ1) is 9.93. The van der Waals surface area contributed by atoms with Gasteiger partial charge in [0.05, 0.1) is 6.61 Å². The molecule has 0 aromatic heterocycles. The fourth-order valence-electron chi connectivity index (χ4n) is 2.41. The topological polar surface area (TPSA) is 31.9 Å². The van der Waals surface area contributed by atoms with E-state index in [0.717, 1.165) is 25.9 Å². The van der Waals surface area contributed by atoms with E-state index in [1.807, 2.05) is 0 Å². The van der Waals surface area contributed by atoms with Gasteiger partial charge in [0.15, 0.2) is 0 Å². The van der Waals surface area contributed by atoms with E-state index in [2.05, 4.69) is 35.6 Å². The third-order valence-corrected chi connectivity index (χ3v) is 3.66. The van der Waals surface area contributed by atoms with Crippen LogP contribution in [0.3, 0.4) is 0 Å². The van der Waals surface area contributed by atoms with Gasteiger partial charge in [-0.25, -0.2) is 5.11 Å². The molecule has 0 saturated heterocycles. The molecule has 1 N–H and O–H groups in total. The SMILES string of the molecule is [O]CCCCCCNCCCCCCc1ccccc1. The molecule has 0 fully saturated rings. The molecule has 0 aliphatic rings. The number of aryl methyl sites for hydroxylation is 1. The first-order valence-corrected chi connectivity index (χ1v) is 8.26. The quantitative estimate of drug-likeness (QED) is 0.533. The first-order valence-electron chi connectivity index (χ1n) is 8.26. The van der Waals surface area contributed by atoms with Crippen molar-refractivity contribution in [3.63, 3.8) is 0 Å². The molecule has 0 aliphatic carbocycles. The summed E-state index contributed by atoms with van der Waals surface area (Å²) in [6.07, 6.45) is 10.8. The average Bonchev–Trinajstić information content (AvgIpc) is 2.49. The summed E-state index contributed by atoms with van der Waals surface area (Å²) >= 11 is 0. The van der Waals surface area contributed by atoms with Gasteiger partial charge in [-0.3, -0.25) is 0 Å². The lowest BCUT2D eigenvalue weighted by Crippen LogP contribution is -2.16. The Bertz CT molecular complexity index is 300. The van der Waals surface area contributed by atoms with E-state index < -0.39 is 0 Å². The van der Waals surface area contributed by atoms with Crippen molar-refractivity contribution in [1.82, 2.24) is 5.32 Å². The number of nitrogens with one attached hydrogen (secondary N) is 1. The van der Waals surface area contributed by atoms with Crippen molar-refractivity contribution in [1.29, 1.82) is 0 Å². The van der Waals surface area contributed by atoms with Gasteiger partial charge < -0.3 is 5.32 Å². The van der Waals surface area contributed by atoms with Gasteiger partial charge in [0.2, 0.25) is 0 Å². The Morgan fingerprint density at radius 1 is 0.700 bits per heavy atom. The van der Waals surface area contributed by atoms with Crippen LogP contribution in [-0.2, 0) is 11.5 Å². The number of benzene rings is 1. The summed E-state index contributed by atoms with van der Waals surface area (Å²) in [4.78, 5) is 0. The van der Waals surface area contributed by atoms with Crippen molar-refractivity contribution in [2.24, 2.45) is 0 Å². The Hall–Kier alpha value is -0.860. The van der Waals surface area contributed by atoms with Gasteiger partial charge in [-0.15, -0.1) is 0 Å². The maximum Gasteiger partial charge on any atom is 0.0822 e. The van der Waals surface area contributed by atoms with Gasteiger partial charge in [-0.2, -0.15) is 0 Å². The van der Waals surface area contributed by atoms with Gasteiger partial charge in [-0.1, -0.05) is 56.0 Å². The van der Waals surface area contributed by atoms with E-state index in [1.54, 1.807) is 0 Å². The van der Waals surface area contributed by atoms with E-state index in [1.165, 1.54) is 50.5 Å². The molecule has 0 atom stereocenters. The van der Waals surface area contributed by atoms with Crippen LogP contribution in [0.15, 0.2) is 30.3 Å². The normalized spacial score (nSPS) is 10.8. The van der Waals surface area contributed by atoms with Crippen LogP contribution in [0.4, 0.5) is 0 Å². The molecule has 1 aromatic rings. The fraction of sp³-hybridized carbons (Fsp3) is 0.667. The van der Waals surface area contributed by atoms with Crippen LogP contribution >= 0.6 is 0 Å². The molecule has 1 rings (SSSR count). The highest BCUT2D eigenvalue weighted by Crippen LogP contribution is 2.07. The Morgan fingerprint density at radius 3 is 1.95 bits per heavy atom. The molecule has 0 saturated carbocycles. The molecular formula is C18H30NO. The Morgan fingerprint density at radius 2 is 1.30 bits per heavy atom. The van der Waals surface area contributed by atoms with Crippen molar-refractivity contribution >= 4 is 0 Å². The van der Waals surface area contributed by atoms with Crippen LogP contribution in [-0.4, -0.2) is 19.7 Å². The minimum atomic E-state index is 0.0937. The molecule has 0 heterocycles. The minimum Gasteiger partial charge on any atom is -0.317 e. The lowest BCUT2D eigenvalue weighted by Gasteiger charge is -2.05. The molecule has 20 heavy (non-hydrogen) atoms. The van der Waals surface area contributed by atoms with Crippen LogP contribution < -0.4 is 5.32 Å². The van der Waals surface area contributed by atoms with E-state index in [-0.39, 0.29) is 6.61 Å². The molecule has 0 amide bonds. The highest BCUT2D eigenvalue weighted by Gasteiger charge is 1.94. The molecule has 2 heteroatoms. The van der Waals surface area contributed by atoms with E-state index in [0.29, 0.717) is 0 Å². The van der Waals surface area contributed by atoms with Crippen molar-refractivity contribution in [3.05, 3.63) is 35.9 Å². The van der Waals surface area contributed by atoms with Crippen molar-refractivity contribution in [2.75, 3.05) is 19.7 Å². The lowest BCUT2D eigenvalue weighted by molar-refractivity contribution is 0.186. The second kappa shape index (κ2) is 13.1. The summed E-state index contributed by atoms with van der Waals surface area (Å²) in [7, 11) is 0. The number of hydrogen-bond donors (Lipinski definition) is 1. The van der Waals surface area contributed by atoms with Crippen molar-refractivity contribution in [3.8, 4) is 0 Å². The van der Waals surface area contributed by atoms with E-state index in [4.69, 9.17) is 0 Å². The van der Waals surface area contributed by atoms with Crippen LogP contribution in [0.25, 0.3) is 0 Å². The van der Waals surface area contributed by atoms with Crippen molar-refractivity contribution < 1.29 is 5.11 Å². The maximum atomic E-state index is 10.3. The van der Waals surface area contributed by atoms with Gasteiger partial charge in [0.25, 0.3) is 0 Å². The molecule has 1 aromatic carbocycles. The predicted octanol–water partition coefficient (Wildman–Crippen LogP) is 4.37. The van der Waals surface area contributed by atoms with E-state index >= 15 is 0 Å². The monoisotopic (exact) mass is 276 g/mol. The molecule has 0 aliphatic heterocycles. The molecular weight excluding hydrogens is 246 g/mol. The standard InChI is InChI=1S/C18H30NO/c20-17-11-4-3-10-16-19-15-9-2-1-6-12-18-13-7-5-8-14-18/h5,7-8,13-14,19H,1-4,6,9-12,15-17H2. The first kappa shape index (κ1) is 17.2. The number of hydrogen-bond acceptors (Lipinski definition) is 1. The fourth-order valence-corrected chi connectivity index (χ4v) is 2.41. The Labute approximate surface area is 124 Å². The Kier molecular flexibility index (Phi) is 11.3. The Balaban J connectivity index is 1.77. The highest BCUT2D eigenvalue weighted by atomic mass is 16.2. The zero-order valence-electron chi connectivity index (χ0n) is 12.8. The molecule has 2 nitrogen and oxygen atoms in total. The predicted molar refractivity (Wildman–Crippen MR) is 85.5 cm³/mol. The van der Waals surface area contributed by atoms with Crippen LogP contribution in [0.1, 0.15) is 56.9 Å². The van der Waals surface area contributed by atoms with Crippen LogP contribution in [0.5, 0.6) is 0 Å². The summed E-state index contributed by atoms with van der Waals surface area (Å²) in [6.45, 7) is 2.35. The summed E-state index contributed by atoms with van der Waals surface area (Å²) in [5.41, 5.74) is 1.46. The maximum absolute atomic E-state index is 10.3. The number of unbranched alkanes of at least 4 members (excludes halogenated alkanes) is 6. The largest absolute Gasteiger partial charge is 0.317 e. The second-order valence-electron chi connectivity index (χ2n) is 5.52. The minimum absolute atomic E-state index is 0.0937. The van der Waals surface area contributed by atoms with E-state index in [9.17, 15) is 5.11 Å². The molecule has 113 valence electrons. The van der Waals surface area contributed by atoms with Crippen LogP contribution in [0, 0.1) is 0 Å². The van der Waals surface area contributed by atoms with Gasteiger partial charge in [0, 0.05) is 0 Å².